The molecule has 0 N–H and O–H groups in total. The van der Waals surface area contributed by atoms with Gasteiger partial charge in [-0.3, -0.25) is 8.92 Å². The van der Waals surface area contributed by atoms with Gasteiger partial charge in [0, 0.05) is 26.1 Å². The van der Waals surface area contributed by atoms with Gasteiger partial charge >= 0.3 is 0 Å². The first-order valence-corrected chi connectivity index (χ1v) is 15.3. The monoisotopic (exact) mass is 468 g/mol. The SMILES string of the molecule is CCCCCCCCCCC1C2=Cc3ccc4cc3N3C2=CC(N(C)C)=C1P3(=S)[N+]4(C)C. The van der Waals surface area contributed by atoms with Gasteiger partial charge in [0.05, 0.1) is 36.5 Å². The molecule has 1 saturated heterocycles. The van der Waals surface area contributed by atoms with Crippen molar-refractivity contribution in [3.63, 3.8) is 0 Å². The summed E-state index contributed by atoms with van der Waals surface area (Å²) in [5, 5.41) is 1.56. The molecule has 4 aliphatic heterocycles. The maximum atomic E-state index is 6.82. The second-order valence-corrected chi connectivity index (χ2v) is 15.1. The standard InChI is InChI=1S/C27H39N3PS/c1-6-7-8-9-10-11-12-13-14-22-23-17-20-15-16-21-18-24(20)29-25(23)19-26(28(2)3)27(22)31(29,32)30(21,4)5/h15-19,22H,6-14H2,1-5H3/q+1. The van der Waals surface area contributed by atoms with Crippen molar-refractivity contribution in [3.8, 4) is 0 Å². The number of benzene rings is 1. The van der Waals surface area contributed by atoms with Gasteiger partial charge in [-0.1, -0.05) is 58.3 Å². The number of allylic oxidation sites excluding steroid dienone is 3. The Morgan fingerprint density at radius 2 is 1.69 bits per heavy atom. The van der Waals surface area contributed by atoms with Crippen LogP contribution in [0.2, 0.25) is 0 Å². The van der Waals surface area contributed by atoms with Crippen molar-refractivity contribution < 1.29 is 0 Å². The van der Waals surface area contributed by atoms with E-state index in [2.05, 4.69) is 75.0 Å². The number of unbranched alkanes of at least 4 members (excludes halogenated alkanes) is 7. The van der Waals surface area contributed by atoms with E-state index in [0.29, 0.717) is 5.92 Å². The van der Waals surface area contributed by atoms with Gasteiger partial charge in [0.1, 0.15) is 5.69 Å². The first kappa shape index (κ1) is 22.4. The molecular formula is C27H39N3PS+. The Bertz CT molecular complexity index is 1080. The van der Waals surface area contributed by atoms with Crippen LogP contribution < -0.4 is 8.92 Å². The number of rotatable bonds is 10. The molecule has 32 heavy (non-hydrogen) atoms. The molecule has 5 heteroatoms. The molecule has 0 spiro atoms. The third-order valence-corrected chi connectivity index (χ3v) is 14.1. The van der Waals surface area contributed by atoms with Gasteiger partial charge in [0.15, 0.2) is 0 Å². The van der Waals surface area contributed by atoms with E-state index in [1.165, 1.54) is 91.7 Å². The Hall–Kier alpha value is -1.35. The molecule has 0 aromatic heterocycles. The van der Waals surface area contributed by atoms with Crippen LogP contribution in [0.5, 0.6) is 0 Å². The molecule has 6 rings (SSSR count). The van der Waals surface area contributed by atoms with Crippen LogP contribution in [0.15, 0.2) is 46.6 Å². The van der Waals surface area contributed by atoms with Crippen LogP contribution in [0.3, 0.4) is 0 Å². The number of nitrogens with zero attached hydrogens (tertiary/aromatic N) is 3. The van der Waals surface area contributed by atoms with Crippen molar-refractivity contribution in [3.05, 3.63) is 52.1 Å². The Kier molecular flexibility index (Phi) is 5.72. The lowest BCUT2D eigenvalue weighted by molar-refractivity contribution is 0.487. The van der Waals surface area contributed by atoms with Crippen LogP contribution in [0.1, 0.15) is 70.3 Å². The van der Waals surface area contributed by atoms with Crippen LogP contribution >= 0.6 is 6.34 Å². The van der Waals surface area contributed by atoms with Gasteiger partial charge in [-0.15, -0.1) is 0 Å². The molecule has 1 fully saturated rings. The summed E-state index contributed by atoms with van der Waals surface area (Å²) in [6.45, 7) is 2.29. The lowest BCUT2D eigenvalue weighted by Crippen LogP contribution is -2.52. The zero-order chi connectivity index (χ0) is 22.7. The molecule has 6 bridgehead atoms. The maximum Gasteiger partial charge on any atom is 0.247 e. The van der Waals surface area contributed by atoms with Crippen LogP contribution in [0.25, 0.3) is 6.08 Å². The molecule has 172 valence electrons. The molecule has 5 aliphatic rings. The molecule has 2 unspecified atom stereocenters. The molecule has 1 aromatic carbocycles. The fourth-order valence-electron chi connectivity index (χ4n) is 6.16. The minimum Gasteiger partial charge on any atom is -0.377 e. The molecule has 3 nitrogen and oxygen atoms in total. The average Bonchev–Trinajstić information content (AvgIpc) is 2.76. The smallest absolute Gasteiger partial charge is 0.247 e. The highest BCUT2D eigenvalue weighted by atomic mass is 32.4. The predicted octanol–water partition coefficient (Wildman–Crippen LogP) is 7.61. The summed E-state index contributed by atoms with van der Waals surface area (Å²) >= 11 is 6.82. The number of quaternary nitrogens is 1. The summed E-state index contributed by atoms with van der Waals surface area (Å²) < 4.78 is 3.41. The fraction of sp³-hybridized carbons (Fsp3) is 0.556. The lowest BCUT2D eigenvalue weighted by atomic mass is 9.82. The van der Waals surface area contributed by atoms with E-state index < -0.39 is 6.34 Å². The van der Waals surface area contributed by atoms with Crippen molar-refractivity contribution in [2.75, 3.05) is 32.9 Å². The average molecular weight is 469 g/mol. The Labute approximate surface area is 200 Å². The van der Waals surface area contributed by atoms with Crippen molar-refractivity contribution in [2.45, 2.75) is 64.7 Å². The summed E-state index contributed by atoms with van der Waals surface area (Å²) in [6.07, 6.45) is 15.1. The second kappa shape index (κ2) is 8.15. The molecular weight excluding hydrogens is 429 g/mol. The molecule has 1 aromatic rings. The third kappa shape index (κ3) is 3.06. The first-order valence-electron chi connectivity index (χ1n) is 12.6. The molecule has 4 heterocycles. The van der Waals surface area contributed by atoms with Gasteiger partial charge in [0.2, 0.25) is 6.34 Å². The normalized spacial score (nSPS) is 25.9. The van der Waals surface area contributed by atoms with E-state index in [4.69, 9.17) is 11.8 Å². The van der Waals surface area contributed by atoms with Gasteiger partial charge in [-0.05, 0) is 53.6 Å². The van der Waals surface area contributed by atoms with Crippen molar-refractivity contribution in [2.24, 2.45) is 5.92 Å². The lowest BCUT2D eigenvalue weighted by Gasteiger charge is -2.59. The molecule has 0 saturated carbocycles. The van der Waals surface area contributed by atoms with Crippen LogP contribution in [0.4, 0.5) is 11.4 Å². The summed E-state index contributed by atoms with van der Waals surface area (Å²) in [4.78, 5) is 2.32. The number of hydrogen-bond donors (Lipinski definition) is 0. The molecule has 0 radical (unpaired) electrons. The zero-order valence-electron chi connectivity index (χ0n) is 20.5. The van der Waals surface area contributed by atoms with Crippen LogP contribution in [-0.2, 0) is 11.8 Å². The quantitative estimate of drug-likeness (QED) is 0.258. The Morgan fingerprint density at radius 1 is 1.00 bits per heavy atom. The topological polar surface area (TPSA) is 6.48 Å². The highest BCUT2D eigenvalue weighted by Gasteiger charge is 2.61. The number of hydrogen-bond acceptors (Lipinski definition) is 2. The minimum atomic E-state index is -2.05. The Morgan fingerprint density at radius 3 is 2.38 bits per heavy atom. The van der Waals surface area contributed by atoms with Crippen molar-refractivity contribution >= 4 is 35.6 Å². The summed E-state index contributed by atoms with van der Waals surface area (Å²) in [7, 11) is 9.10. The van der Waals surface area contributed by atoms with Gasteiger partial charge in [0.25, 0.3) is 0 Å². The van der Waals surface area contributed by atoms with Gasteiger partial charge in [-0.25, -0.2) is 0 Å². The number of fused-ring (bicyclic) bond motifs is 2. The summed E-state index contributed by atoms with van der Waals surface area (Å²) in [6, 6.07) is 7.02. The van der Waals surface area contributed by atoms with E-state index in [1.807, 2.05) is 0 Å². The van der Waals surface area contributed by atoms with Crippen molar-refractivity contribution in [1.82, 2.24) is 9.15 Å². The van der Waals surface area contributed by atoms with E-state index >= 15 is 0 Å². The van der Waals surface area contributed by atoms with Gasteiger partial charge < -0.3 is 4.90 Å². The fourth-order valence-corrected chi connectivity index (χ4v) is 11.4. The Balaban J connectivity index is 1.47. The summed E-state index contributed by atoms with van der Waals surface area (Å²) in [5.74, 6) is 0.481. The molecule has 0 amide bonds. The van der Waals surface area contributed by atoms with Gasteiger partial charge in [-0.2, -0.15) is 0 Å². The first-order chi connectivity index (χ1) is 15.3. The number of anilines is 1. The third-order valence-electron chi connectivity index (χ3n) is 8.04. The predicted molar refractivity (Wildman–Crippen MR) is 144 cm³/mol. The second-order valence-electron chi connectivity index (χ2n) is 10.6. The molecule has 1 aliphatic carbocycles. The maximum absolute atomic E-state index is 6.82. The zero-order valence-corrected chi connectivity index (χ0v) is 22.2. The van der Waals surface area contributed by atoms with E-state index in [9.17, 15) is 0 Å². The number of likely N-dealkylation sites (N-methyl/N-ethyl adjacent to an activating group) is 1. The van der Waals surface area contributed by atoms with E-state index in [0.717, 1.165) is 4.25 Å². The van der Waals surface area contributed by atoms with Crippen LogP contribution in [0, 0.1) is 5.92 Å². The summed E-state index contributed by atoms with van der Waals surface area (Å²) in [5.41, 5.74) is 8.39. The van der Waals surface area contributed by atoms with Crippen LogP contribution in [-0.4, -0.2) is 33.1 Å². The molecule has 2 atom stereocenters. The minimum absolute atomic E-state index is 0.481. The van der Waals surface area contributed by atoms with E-state index in [1.54, 1.807) is 5.31 Å². The van der Waals surface area contributed by atoms with Crippen molar-refractivity contribution in [1.29, 1.82) is 0 Å². The highest BCUT2D eigenvalue weighted by molar-refractivity contribution is 8.17. The highest BCUT2D eigenvalue weighted by Crippen LogP contribution is 2.79. The largest absolute Gasteiger partial charge is 0.377 e. The van der Waals surface area contributed by atoms with E-state index in [-0.39, 0.29) is 0 Å².